The van der Waals surface area contributed by atoms with Gasteiger partial charge in [0.15, 0.2) is 0 Å². The van der Waals surface area contributed by atoms with E-state index in [0.717, 1.165) is 25.7 Å². The second kappa shape index (κ2) is 18.3. The summed E-state index contributed by atoms with van der Waals surface area (Å²) in [5, 5.41) is 3.33. The average Bonchev–Trinajstić information content (AvgIpc) is 3.82. The molecular formula is C39H46ClF2LuN4O7. The Morgan fingerprint density at radius 3 is 2.52 bits per heavy atom. The van der Waals surface area contributed by atoms with Crippen LogP contribution in [0.2, 0.25) is 5.02 Å². The number of esters is 1. The molecule has 2 aromatic rings. The first-order chi connectivity index (χ1) is 24.9. The van der Waals surface area contributed by atoms with Crippen molar-refractivity contribution in [2.75, 3.05) is 40.5 Å². The predicted molar refractivity (Wildman–Crippen MR) is 192 cm³/mol. The van der Waals surface area contributed by atoms with E-state index in [1.54, 1.807) is 60.2 Å². The molecule has 3 fully saturated rings. The molecule has 11 nitrogen and oxygen atoms in total. The van der Waals surface area contributed by atoms with Gasteiger partial charge < -0.3 is 52.9 Å². The normalized spacial score (nSPS) is 22.9. The number of rotatable bonds is 13. The minimum absolute atomic E-state index is 0. The van der Waals surface area contributed by atoms with Crippen molar-refractivity contribution < 1.29 is 79.0 Å². The van der Waals surface area contributed by atoms with Crippen molar-refractivity contribution >= 4 is 29.4 Å². The molecule has 2 saturated carbocycles. The SMILES string of the molecule is COc1ccc(COC(=O)[C@@]2(C)CCCC[C@H]2C(=O)N2CCc3c(Cl)ccc(OCC(=[C-]C(F)F)N=[N-])c3C2CN2CC3(CC3)CC2=O)c(OC)c1.[CH3-].[Lu+3]. The van der Waals surface area contributed by atoms with Crippen molar-refractivity contribution in [2.45, 2.75) is 77.4 Å². The maximum Gasteiger partial charge on any atom is 3.00 e. The van der Waals surface area contributed by atoms with Crippen molar-refractivity contribution in [1.82, 2.24) is 9.80 Å². The molecule has 2 aliphatic carbocycles. The number of hydrogen-bond donors (Lipinski definition) is 0. The number of methoxy groups -OCH3 is 2. The number of alkyl halides is 2. The van der Waals surface area contributed by atoms with E-state index < -0.39 is 42.1 Å². The van der Waals surface area contributed by atoms with E-state index in [2.05, 4.69) is 5.11 Å². The Hall–Kier alpha value is -3.03. The molecule has 15 heteroatoms. The summed E-state index contributed by atoms with van der Waals surface area (Å²) in [6.07, 6.45) is 3.89. The number of hydrogen-bond acceptors (Lipinski definition) is 8. The van der Waals surface area contributed by atoms with Gasteiger partial charge in [-0.05, 0) is 74.3 Å². The summed E-state index contributed by atoms with van der Waals surface area (Å²) in [5.74, 6) is -0.0919. The molecule has 6 rings (SSSR count). The van der Waals surface area contributed by atoms with Crippen LogP contribution in [-0.2, 0) is 32.1 Å². The Morgan fingerprint density at radius 1 is 1.11 bits per heavy atom. The van der Waals surface area contributed by atoms with Crippen LogP contribution >= 0.6 is 11.6 Å². The van der Waals surface area contributed by atoms with Crippen LogP contribution in [-0.4, -0.2) is 74.5 Å². The number of allylic oxidation sites excluding steroid dienone is 1. The van der Waals surface area contributed by atoms with E-state index in [0.29, 0.717) is 65.4 Å². The number of halogens is 3. The molecule has 300 valence electrons. The van der Waals surface area contributed by atoms with Gasteiger partial charge >= 0.3 is 42.8 Å². The zero-order valence-electron chi connectivity index (χ0n) is 30.8. The molecule has 2 heterocycles. The number of benzene rings is 2. The van der Waals surface area contributed by atoms with Crippen molar-refractivity contribution in [3.8, 4) is 17.2 Å². The van der Waals surface area contributed by atoms with Crippen LogP contribution in [0.4, 0.5) is 8.78 Å². The number of fused-ring (bicyclic) bond motifs is 1. The fourth-order valence-electron chi connectivity index (χ4n) is 8.05. The van der Waals surface area contributed by atoms with Crippen molar-refractivity contribution in [3.63, 3.8) is 0 Å². The number of likely N-dealkylation sites (tertiary alicyclic amines) is 1. The fraction of sp³-hybridized carbons (Fsp3) is 0.538. The van der Waals surface area contributed by atoms with Gasteiger partial charge in [0.05, 0.1) is 38.2 Å². The molecule has 0 radical (unpaired) electrons. The number of amides is 2. The molecule has 1 spiro atoms. The Kier molecular flexibility index (Phi) is 14.8. The maximum absolute atomic E-state index is 14.9. The van der Waals surface area contributed by atoms with Crippen LogP contribution in [0.5, 0.6) is 17.2 Å². The molecule has 2 aromatic carbocycles. The minimum Gasteiger partial charge on any atom is -0.709 e. The minimum atomic E-state index is -2.99. The number of carbonyl (C=O) groups excluding carboxylic acids is 3. The van der Waals surface area contributed by atoms with E-state index >= 15 is 0 Å². The molecule has 2 amide bonds. The van der Waals surface area contributed by atoms with Gasteiger partial charge in [-0.2, -0.15) is 0 Å². The third-order valence-corrected chi connectivity index (χ3v) is 11.6. The second-order valence-electron chi connectivity index (χ2n) is 14.4. The smallest absolute Gasteiger partial charge is 0.709 e. The molecule has 0 bridgehead atoms. The zero-order chi connectivity index (χ0) is 37.2. The van der Waals surface area contributed by atoms with Crippen molar-refractivity contribution in [1.29, 1.82) is 0 Å². The van der Waals surface area contributed by atoms with E-state index in [1.165, 1.54) is 7.11 Å². The first-order valence-electron chi connectivity index (χ1n) is 17.6. The number of carbonyl (C=O) groups is 3. The standard InChI is InChI=1S/C38H43ClF2N4O7.CH3.Lu/c1-37(36(48)52-20-23-7-8-25(49-2)17-31(23)50-3)12-5-4-6-27(37)35(47)45-15-11-26-28(39)9-10-30(51-21-24(43-42)16-32(40)41)34(26)29(45)19-44-22-38(13-14-38)18-33(44)46;;/h7-10,17,27,29,32H,4-6,11-15,18-22H2,1-3H3;1H3;/q-2;-1;+3/t27-,29?,37-;;/m0../s1. The van der Waals surface area contributed by atoms with Gasteiger partial charge in [-0.25, -0.2) is 8.78 Å². The van der Waals surface area contributed by atoms with Crippen LogP contribution in [0.15, 0.2) is 41.1 Å². The Balaban J connectivity index is 0.00000325. The molecule has 4 aliphatic rings. The largest absolute Gasteiger partial charge is 3.00 e. The summed E-state index contributed by atoms with van der Waals surface area (Å²) in [5.41, 5.74) is 9.56. The van der Waals surface area contributed by atoms with Gasteiger partial charge in [0.2, 0.25) is 11.8 Å². The summed E-state index contributed by atoms with van der Waals surface area (Å²) in [6, 6.07) is 7.73. The zero-order valence-corrected chi connectivity index (χ0v) is 33.3. The van der Waals surface area contributed by atoms with E-state index in [9.17, 15) is 28.7 Å². The van der Waals surface area contributed by atoms with Gasteiger partial charge in [-0.15, -0.1) is 5.70 Å². The summed E-state index contributed by atoms with van der Waals surface area (Å²) in [7, 11) is 3.07. The molecule has 3 atom stereocenters. The van der Waals surface area contributed by atoms with Gasteiger partial charge in [-0.3, -0.25) is 14.4 Å². The molecule has 2 aliphatic heterocycles. The Bertz CT molecular complexity index is 1760. The average molecular weight is 931 g/mol. The van der Waals surface area contributed by atoms with Crippen molar-refractivity contribution in [2.24, 2.45) is 21.9 Å². The molecule has 0 N–H and O–H groups in total. The summed E-state index contributed by atoms with van der Waals surface area (Å²) in [4.78, 5) is 45.8. The predicted octanol–water partition coefficient (Wildman–Crippen LogP) is 7.54. The maximum atomic E-state index is 14.9. The summed E-state index contributed by atoms with van der Waals surface area (Å²) >= 11 is 6.73. The van der Waals surface area contributed by atoms with Gasteiger partial charge in [0.1, 0.15) is 30.3 Å². The third-order valence-electron chi connectivity index (χ3n) is 11.2. The first kappa shape index (κ1) is 43.7. The first-order valence-corrected chi connectivity index (χ1v) is 18.0. The van der Waals surface area contributed by atoms with Crippen LogP contribution in [0.25, 0.3) is 5.53 Å². The van der Waals surface area contributed by atoms with Gasteiger partial charge in [0, 0.05) is 48.3 Å². The third kappa shape index (κ3) is 9.15. The van der Waals surface area contributed by atoms with Gasteiger partial charge in [-0.1, -0.05) is 24.4 Å². The molecule has 1 unspecified atom stereocenters. The molecular weight excluding hydrogens is 885 g/mol. The van der Waals surface area contributed by atoms with E-state index in [-0.39, 0.29) is 87.0 Å². The van der Waals surface area contributed by atoms with Crippen LogP contribution < -0.4 is 14.2 Å². The van der Waals surface area contributed by atoms with E-state index in [4.69, 9.17) is 30.5 Å². The Morgan fingerprint density at radius 2 is 1.87 bits per heavy atom. The summed E-state index contributed by atoms with van der Waals surface area (Å²) in [6.45, 7) is 2.21. The molecule has 1 saturated heterocycles. The topological polar surface area (TPSA) is 129 Å². The Labute approximate surface area is 349 Å². The summed E-state index contributed by atoms with van der Waals surface area (Å²) < 4.78 is 48.7. The van der Waals surface area contributed by atoms with Crippen LogP contribution in [0.1, 0.15) is 74.6 Å². The van der Waals surface area contributed by atoms with Gasteiger partial charge in [0.25, 0.3) is 0 Å². The monoisotopic (exact) mass is 930 g/mol. The quantitative estimate of drug-likeness (QED) is 0.115. The fourth-order valence-corrected chi connectivity index (χ4v) is 8.31. The van der Waals surface area contributed by atoms with Crippen LogP contribution in [0, 0.1) is 67.1 Å². The second-order valence-corrected chi connectivity index (χ2v) is 14.8. The van der Waals surface area contributed by atoms with E-state index in [1.807, 2.05) is 0 Å². The number of nitrogens with zero attached hydrogens (tertiary/aromatic N) is 4. The number of ether oxygens (including phenoxy) is 4. The molecule has 0 aromatic heterocycles. The van der Waals surface area contributed by atoms with Crippen molar-refractivity contribution in [3.05, 3.63) is 76.8 Å². The van der Waals surface area contributed by atoms with Crippen LogP contribution in [0.3, 0.4) is 0 Å². The molecule has 54 heavy (non-hydrogen) atoms.